The van der Waals surface area contributed by atoms with Crippen molar-refractivity contribution in [3.63, 3.8) is 0 Å². The van der Waals surface area contributed by atoms with E-state index in [1.54, 1.807) is 6.07 Å². The van der Waals surface area contributed by atoms with Crippen LogP contribution in [0.25, 0.3) is 0 Å². The molecule has 0 saturated carbocycles. The van der Waals surface area contributed by atoms with Gasteiger partial charge in [0, 0.05) is 5.02 Å². The van der Waals surface area contributed by atoms with Crippen LogP contribution in [0, 0.1) is 0 Å². The van der Waals surface area contributed by atoms with Crippen LogP contribution in [0.1, 0.15) is 0 Å². The van der Waals surface area contributed by atoms with Gasteiger partial charge in [-0.1, -0.05) is 11.6 Å². The molecule has 0 aliphatic carbocycles. The Morgan fingerprint density at radius 3 is 2.88 bits per heavy atom. The van der Waals surface area contributed by atoms with Crippen LogP contribution in [0.3, 0.4) is 0 Å². The summed E-state index contributed by atoms with van der Waals surface area (Å²) in [6.45, 7) is -0.526. The minimum absolute atomic E-state index is 0.0101. The van der Waals surface area contributed by atoms with E-state index in [0.29, 0.717) is 10.7 Å². The van der Waals surface area contributed by atoms with Crippen molar-refractivity contribution in [3.8, 4) is 0 Å². The Kier molecular flexibility index (Phi) is 2.86. The Bertz CT molecular complexity index is 544. The van der Waals surface area contributed by atoms with Gasteiger partial charge in [-0.25, -0.2) is 4.39 Å². The summed E-state index contributed by atoms with van der Waals surface area (Å²) >= 11 is 5.72. The van der Waals surface area contributed by atoms with E-state index in [1.165, 1.54) is 17.0 Å². The van der Waals surface area contributed by atoms with Crippen LogP contribution in [-0.4, -0.2) is 28.0 Å². The van der Waals surface area contributed by atoms with Crippen molar-refractivity contribution < 1.29 is 12.8 Å². The summed E-state index contributed by atoms with van der Waals surface area (Å²) in [5.41, 5.74) is 0.400. The number of benzene rings is 1. The maximum absolute atomic E-state index is 12.3. The number of fused-ring (bicyclic) bond motifs is 1. The number of halogens is 2. The highest BCUT2D eigenvalue weighted by Crippen LogP contribution is 2.31. The molecule has 0 saturated heterocycles. The lowest BCUT2D eigenvalue weighted by Gasteiger charge is -2.23. The van der Waals surface area contributed by atoms with Crippen LogP contribution in [0.5, 0.6) is 0 Å². The average molecular weight is 263 g/mol. The van der Waals surface area contributed by atoms with Crippen molar-refractivity contribution >= 4 is 33.7 Å². The Morgan fingerprint density at radius 2 is 2.19 bits per heavy atom. The molecule has 0 unspecified atom stereocenters. The van der Waals surface area contributed by atoms with Crippen LogP contribution in [-0.2, 0) is 10.0 Å². The second-order valence-corrected chi connectivity index (χ2v) is 5.23. The Labute approximate surface area is 97.4 Å². The van der Waals surface area contributed by atoms with E-state index in [2.05, 4.69) is 4.40 Å². The maximum Gasteiger partial charge on any atom is 0.285 e. The normalized spacial score (nSPS) is 17.2. The molecule has 1 aliphatic heterocycles. The fraction of sp³-hybridized carbons (Fsp3) is 0.222. The summed E-state index contributed by atoms with van der Waals surface area (Å²) < 4.78 is 38.9. The minimum Gasteiger partial charge on any atom is -0.328 e. The van der Waals surface area contributed by atoms with Gasteiger partial charge in [0.1, 0.15) is 17.9 Å². The zero-order chi connectivity index (χ0) is 11.8. The zero-order valence-electron chi connectivity index (χ0n) is 8.10. The first-order valence-electron chi connectivity index (χ1n) is 4.47. The standard InChI is InChI=1S/C9H8ClFN2O2S/c10-7-1-2-8-9(5-7)16(14,15)12-6-13(8)4-3-11/h1-2,5-6H,3-4H2. The predicted octanol–water partition coefficient (Wildman–Crippen LogP) is 1.85. The molecule has 0 amide bonds. The molecule has 86 valence electrons. The van der Waals surface area contributed by atoms with Crippen LogP contribution in [0.2, 0.25) is 5.02 Å². The van der Waals surface area contributed by atoms with E-state index in [0.717, 1.165) is 6.34 Å². The van der Waals surface area contributed by atoms with Gasteiger partial charge in [-0.05, 0) is 18.2 Å². The van der Waals surface area contributed by atoms with Gasteiger partial charge in [-0.3, -0.25) is 0 Å². The maximum atomic E-state index is 12.3. The molecule has 1 aromatic rings. The van der Waals surface area contributed by atoms with Crippen molar-refractivity contribution in [3.05, 3.63) is 23.2 Å². The van der Waals surface area contributed by atoms with E-state index < -0.39 is 16.7 Å². The van der Waals surface area contributed by atoms with E-state index in [4.69, 9.17) is 11.6 Å². The lowest BCUT2D eigenvalue weighted by atomic mass is 10.3. The molecule has 0 atom stereocenters. The Morgan fingerprint density at radius 1 is 1.44 bits per heavy atom. The first kappa shape index (κ1) is 11.3. The largest absolute Gasteiger partial charge is 0.328 e. The molecular formula is C9H8ClFN2O2S. The lowest BCUT2D eigenvalue weighted by Crippen LogP contribution is -2.29. The quantitative estimate of drug-likeness (QED) is 0.817. The number of hydrogen-bond donors (Lipinski definition) is 0. The minimum atomic E-state index is -3.69. The second-order valence-electron chi connectivity index (χ2n) is 3.19. The van der Waals surface area contributed by atoms with Crippen LogP contribution >= 0.6 is 11.6 Å². The molecule has 16 heavy (non-hydrogen) atoms. The summed E-state index contributed by atoms with van der Waals surface area (Å²) in [4.78, 5) is 1.45. The molecule has 0 bridgehead atoms. The van der Waals surface area contributed by atoms with Crippen molar-refractivity contribution in [1.29, 1.82) is 0 Å². The van der Waals surface area contributed by atoms with Gasteiger partial charge >= 0.3 is 0 Å². The highest BCUT2D eigenvalue weighted by atomic mass is 35.5. The van der Waals surface area contributed by atoms with Crippen molar-refractivity contribution in [2.75, 3.05) is 18.1 Å². The van der Waals surface area contributed by atoms with E-state index >= 15 is 0 Å². The smallest absolute Gasteiger partial charge is 0.285 e. The lowest BCUT2D eigenvalue weighted by molar-refractivity contribution is 0.503. The molecule has 0 radical (unpaired) electrons. The van der Waals surface area contributed by atoms with Gasteiger partial charge in [-0.15, -0.1) is 4.40 Å². The number of alkyl halides is 1. The molecule has 4 nitrogen and oxygen atoms in total. The summed E-state index contributed by atoms with van der Waals surface area (Å²) in [5.74, 6) is 0. The van der Waals surface area contributed by atoms with Gasteiger partial charge in [0.05, 0.1) is 12.2 Å². The molecule has 2 rings (SSSR count). The molecule has 0 spiro atoms. The molecule has 1 aliphatic rings. The van der Waals surface area contributed by atoms with Gasteiger partial charge in [0.2, 0.25) is 0 Å². The van der Waals surface area contributed by atoms with E-state index in [1.807, 2.05) is 0 Å². The monoisotopic (exact) mass is 262 g/mol. The summed E-state index contributed by atoms with van der Waals surface area (Å²) in [6.07, 6.45) is 1.12. The summed E-state index contributed by atoms with van der Waals surface area (Å²) in [6, 6.07) is 4.41. The third-order valence-corrected chi connectivity index (χ3v) is 3.65. The SMILES string of the molecule is O=S1(=O)N=CN(CCF)c2ccc(Cl)cc21. The van der Waals surface area contributed by atoms with Crippen molar-refractivity contribution in [2.24, 2.45) is 4.40 Å². The highest BCUT2D eigenvalue weighted by Gasteiger charge is 2.25. The summed E-state index contributed by atoms with van der Waals surface area (Å²) in [7, 11) is -3.69. The van der Waals surface area contributed by atoms with Crippen LogP contribution < -0.4 is 4.90 Å². The number of anilines is 1. The third-order valence-electron chi connectivity index (χ3n) is 2.16. The number of nitrogens with zero attached hydrogens (tertiary/aromatic N) is 2. The third kappa shape index (κ3) is 1.90. The average Bonchev–Trinajstić information content (AvgIpc) is 2.23. The Hall–Kier alpha value is -1.14. The van der Waals surface area contributed by atoms with Crippen LogP contribution in [0.15, 0.2) is 27.5 Å². The van der Waals surface area contributed by atoms with E-state index in [-0.39, 0.29) is 11.4 Å². The first-order chi connectivity index (χ1) is 7.54. The zero-order valence-corrected chi connectivity index (χ0v) is 9.67. The molecule has 0 fully saturated rings. The molecular weight excluding hydrogens is 255 g/mol. The molecule has 7 heteroatoms. The summed E-state index contributed by atoms with van der Waals surface area (Å²) in [5, 5.41) is 0.305. The first-order valence-corrected chi connectivity index (χ1v) is 6.29. The topological polar surface area (TPSA) is 49.7 Å². The number of hydrogen-bond acceptors (Lipinski definition) is 3. The van der Waals surface area contributed by atoms with E-state index in [9.17, 15) is 12.8 Å². The Balaban J connectivity index is 2.59. The van der Waals surface area contributed by atoms with Gasteiger partial charge < -0.3 is 4.90 Å². The molecule has 1 aromatic carbocycles. The van der Waals surface area contributed by atoms with Gasteiger partial charge in [0.25, 0.3) is 10.0 Å². The predicted molar refractivity (Wildman–Crippen MR) is 60.5 cm³/mol. The number of sulfonamides is 1. The van der Waals surface area contributed by atoms with Gasteiger partial charge in [-0.2, -0.15) is 8.42 Å². The van der Waals surface area contributed by atoms with Gasteiger partial charge in [0.15, 0.2) is 0 Å². The molecule has 1 heterocycles. The van der Waals surface area contributed by atoms with Crippen LogP contribution in [0.4, 0.5) is 10.1 Å². The highest BCUT2D eigenvalue weighted by molar-refractivity contribution is 7.90. The second kappa shape index (κ2) is 4.03. The van der Waals surface area contributed by atoms with Crippen molar-refractivity contribution in [1.82, 2.24) is 0 Å². The fourth-order valence-electron chi connectivity index (χ4n) is 1.44. The number of rotatable bonds is 2. The molecule has 0 N–H and O–H groups in total. The fourth-order valence-corrected chi connectivity index (χ4v) is 2.75. The van der Waals surface area contributed by atoms with Crippen molar-refractivity contribution in [2.45, 2.75) is 4.90 Å². The molecule has 0 aromatic heterocycles.